The van der Waals surface area contributed by atoms with Crippen molar-refractivity contribution >= 4 is 40.2 Å². The van der Waals surface area contributed by atoms with Crippen molar-refractivity contribution in [2.45, 2.75) is 12.8 Å². The van der Waals surface area contributed by atoms with Crippen LogP contribution in [0, 0.1) is 0 Å². The van der Waals surface area contributed by atoms with Crippen LogP contribution < -0.4 is 15.9 Å². The zero-order valence-corrected chi connectivity index (χ0v) is 17.2. The van der Waals surface area contributed by atoms with Crippen LogP contribution in [0.15, 0.2) is 104 Å². The third-order valence-corrected chi connectivity index (χ3v) is 9.82. The fraction of sp³-hybridized carbons (Fsp3) is 0.130. The third-order valence-electron chi connectivity index (χ3n) is 4.76. The Hall–Kier alpha value is -1.69. The van der Waals surface area contributed by atoms with Gasteiger partial charge in [-0.25, -0.2) is 0 Å². The number of halogens is 1. The van der Waals surface area contributed by atoms with Crippen molar-refractivity contribution in [2.75, 3.05) is 6.16 Å². The van der Waals surface area contributed by atoms with E-state index in [0.717, 1.165) is 6.42 Å². The van der Waals surface area contributed by atoms with E-state index in [1.165, 1.54) is 28.5 Å². The van der Waals surface area contributed by atoms with Gasteiger partial charge in [0.25, 0.3) is 0 Å². The van der Waals surface area contributed by atoms with Gasteiger partial charge in [-0.15, -0.1) is 17.0 Å². The van der Waals surface area contributed by atoms with E-state index < -0.39 is 7.26 Å². The van der Waals surface area contributed by atoms with Crippen LogP contribution in [0.3, 0.4) is 0 Å². The first-order valence-corrected chi connectivity index (χ1v) is 10.9. The summed E-state index contributed by atoms with van der Waals surface area (Å²) in [5, 5.41) is 4.48. The molecule has 0 saturated heterocycles. The zero-order chi connectivity index (χ0) is 16.7. The van der Waals surface area contributed by atoms with Gasteiger partial charge in [-0.3, -0.25) is 0 Å². The van der Waals surface area contributed by atoms with Crippen molar-refractivity contribution in [3.63, 3.8) is 0 Å². The number of benzene rings is 3. The van der Waals surface area contributed by atoms with Gasteiger partial charge in [0.1, 0.15) is 0 Å². The summed E-state index contributed by atoms with van der Waals surface area (Å²) in [7, 11) is -2.01. The van der Waals surface area contributed by atoms with Crippen LogP contribution >= 0.6 is 24.2 Å². The van der Waals surface area contributed by atoms with Crippen molar-refractivity contribution in [3.05, 3.63) is 104 Å². The fourth-order valence-corrected chi connectivity index (χ4v) is 8.50. The van der Waals surface area contributed by atoms with Crippen LogP contribution in [0.25, 0.3) is 0 Å². The molecule has 130 valence electrons. The summed E-state index contributed by atoms with van der Waals surface area (Å²) in [5.74, 6) is 0. The molecule has 0 spiro atoms. The van der Waals surface area contributed by atoms with E-state index in [0.29, 0.717) is 0 Å². The molecule has 0 radical (unpaired) electrons. The molecule has 0 saturated carbocycles. The van der Waals surface area contributed by atoms with Crippen LogP contribution in [0.1, 0.15) is 12.8 Å². The standard InChI is InChI=1S/C23H25P.BrH/c1-2-3-13-20-24(21-14-7-4-8-15-21,22-16-9-5-10-17-22)23-18-11-6-12-19-23;/h2,4-12,14-19,24H,1,3,13,20H2;1H. The Balaban J connectivity index is 0.00000225. The fourth-order valence-electron chi connectivity index (χ4n) is 3.61. The molecule has 0 aliphatic heterocycles. The second kappa shape index (κ2) is 9.70. The Kier molecular flexibility index (Phi) is 7.62. The number of hydrogen-bond donors (Lipinski definition) is 0. The molecular formula is C23H26BrP. The topological polar surface area (TPSA) is 0 Å². The van der Waals surface area contributed by atoms with E-state index >= 15 is 0 Å². The van der Waals surface area contributed by atoms with Gasteiger partial charge in [0.05, 0.1) is 0 Å². The van der Waals surface area contributed by atoms with Gasteiger partial charge in [-0.1, -0.05) is 0 Å². The molecule has 0 N–H and O–H groups in total. The third kappa shape index (κ3) is 4.29. The van der Waals surface area contributed by atoms with Crippen LogP contribution in [-0.2, 0) is 0 Å². The summed E-state index contributed by atoms with van der Waals surface area (Å²) >= 11 is 0. The molecule has 3 rings (SSSR count). The Morgan fingerprint density at radius 3 is 1.32 bits per heavy atom. The molecule has 0 nitrogen and oxygen atoms in total. The maximum atomic E-state index is 3.91. The molecular weight excluding hydrogens is 387 g/mol. The predicted molar refractivity (Wildman–Crippen MR) is 121 cm³/mol. The molecule has 25 heavy (non-hydrogen) atoms. The van der Waals surface area contributed by atoms with Crippen LogP contribution in [0.5, 0.6) is 0 Å². The normalized spacial score (nSPS) is 11.4. The minimum absolute atomic E-state index is 0. The molecule has 2 heteroatoms. The van der Waals surface area contributed by atoms with Gasteiger partial charge >= 0.3 is 146 Å². The van der Waals surface area contributed by atoms with E-state index in [4.69, 9.17) is 0 Å². The van der Waals surface area contributed by atoms with Gasteiger partial charge in [0.15, 0.2) is 0 Å². The van der Waals surface area contributed by atoms with Crippen LogP contribution in [0.4, 0.5) is 0 Å². The molecule has 0 amide bonds. The predicted octanol–water partition coefficient (Wildman–Crippen LogP) is 5.26. The number of allylic oxidation sites excluding steroid dienone is 1. The molecule has 0 aliphatic carbocycles. The quantitative estimate of drug-likeness (QED) is 0.282. The number of unbranched alkanes of at least 4 members (excludes halogenated alkanes) is 1. The molecule has 3 aromatic carbocycles. The molecule has 0 atom stereocenters. The average Bonchev–Trinajstić information content (AvgIpc) is 2.68. The van der Waals surface area contributed by atoms with E-state index in [1.807, 2.05) is 6.08 Å². The van der Waals surface area contributed by atoms with Gasteiger partial charge in [0.2, 0.25) is 0 Å². The molecule has 0 heterocycles. The van der Waals surface area contributed by atoms with Crippen LogP contribution in [0.2, 0.25) is 0 Å². The minimum atomic E-state index is -2.01. The molecule has 0 fully saturated rings. The SMILES string of the molecule is Br.C=CCCC[PH](c1ccccc1)(c1ccccc1)c1ccccc1. The van der Waals surface area contributed by atoms with Gasteiger partial charge < -0.3 is 0 Å². The molecule has 0 aromatic heterocycles. The molecule has 0 bridgehead atoms. The van der Waals surface area contributed by atoms with E-state index in [9.17, 15) is 0 Å². The second-order valence-electron chi connectivity index (χ2n) is 6.18. The monoisotopic (exact) mass is 412 g/mol. The van der Waals surface area contributed by atoms with Crippen molar-refractivity contribution in [1.29, 1.82) is 0 Å². The maximum absolute atomic E-state index is 3.91. The summed E-state index contributed by atoms with van der Waals surface area (Å²) in [6.45, 7) is 3.91. The first kappa shape index (κ1) is 19.6. The summed E-state index contributed by atoms with van der Waals surface area (Å²) in [6, 6.07) is 33.3. The van der Waals surface area contributed by atoms with E-state index in [1.54, 1.807) is 0 Å². The van der Waals surface area contributed by atoms with Crippen LogP contribution in [-0.4, -0.2) is 6.16 Å². The first-order valence-electron chi connectivity index (χ1n) is 8.65. The van der Waals surface area contributed by atoms with E-state index in [-0.39, 0.29) is 17.0 Å². The van der Waals surface area contributed by atoms with Crippen molar-refractivity contribution in [3.8, 4) is 0 Å². The summed E-state index contributed by atoms with van der Waals surface area (Å²) in [4.78, 5) is 0. The van der Waals surface area contributed by atoms with Gasteiger partial charge in [-0.05, 0) is 0 Å². The summed E-state index contributed by atoms with van der Waals surface area (Å²) in [6.07, 6.45) is 5.49. The zero-order valence-electron chi connectivity index (χ0n) is 14.5. The summed E-state index contributed by atoms with van der Waals surface area (Å²) in [5.41, 5.74) is 0. The Bertz CT molecular complexity index is 657. The molecule has 0 aliphatic rings. The Labute approximate surface area is 162 Å². The number of hydrogen-bond acceptors (Lipinski definition) is 0. The van der Waals surface area contributed by atoms with Crippen molar-refractivity contribution in [1.82, 2.24) is 0 Å². The van der Waals surface area contributed by atoms with Crippen molar-refractivity contribution < 1.29 is 0 Å². The van der Waals surface area contributed by atoms with Gasteiger partial charge in [-0.2, -0.15) is 0 Å². The Morgan fingerprint density at radius 2 is 1.00 bits per heavy atom. The average molecular weight is 413 g/mol. The molecule has 0 unspecified atom stereocenters. The first-order chi connectivity index (χ1) is 11.9. The number of rotatable bonds is 7. The Morgan fingerprint density at radius 1 is 0.640 bits per heavy atom. The van der Waals surface area contributed by atoms with Gasteiger partial charge in [0, 0.05) is 0 Å². The molecule has 3 aromatic rings. The van der Waals surface area contributed by atoms with E-state index in [2.05, 4.69) is 97.6 Å². The second-order valence-corrected chi connectivity index (χ2v) is 10.2. The van der Waals surface area contributed by atoms with Crippen molar-refractivity contribution in [2.24, 2.45) is 0 Å². The summed E-state index contributed by atoms with van der Waals surface area (Å²) < 4.78 is 0.